The predicted octanol–water partition coefficient (Wildman–Crippen LogP) is 2.73. The van der Waals surface area contributed by atoms with Crippen molar-refractivity contribution >= 4 is 5.91 Å². The molecule has 0 bridgehead atoms. The summed E-state index contributed by atoms with van der Waals surface area (Å²) in [6.45, 7) is 3.72. The molecular weight excluding hydrogens is 330 g/mol. The molecule has 1 fully saturated rings. The molecule has 0 radical (unpaired) electrons. The molecule has 3 rings (SSSR count). The van der Waals surface area contributed by atoms with Crippen LogP contribution < -0.4 is 4.74 Å². The Morgan fingerprint density at radius 2 is 2.23 bits per heavy atom. The van der Waals surface area contributed by atoms with Gasteiger partial charge in [-0.15, -0.1) is 0 Å². The lowest BCUT2D eigenvalue weighted by molar-refractivity contribution is -0.144. The average Bonchev–Trinajstić information content (AvgIpc) is 3.09. The zero-order valence-electron chi connectivity index (χ0n) is 15.7. The molecule has 0 aliphatic carbocycles. The molecule has 0 unspecified atom stereocenters. The van der Waals surface area contributed by atoms with Crippen molar-refractivity contribution < 1.29 is 14.3 Å². The van der Waals surface area contributed by atoms with Gasteiger partial charge >= 0.3 is 0 Å². The van der Waals surface area contributed by atoms with Crippen molar-refractivity contribution in [2.75, 3.05) is 26.8 Å². The van der Waals surface area contributed by atoms with Crippen molar-refractivity contribution in [2.45, 2.75) is 25.9 Å². The maximum Gasteiger partial charge on any atom is 0.228 e. The van der Waals surface area contributed by atoms with Crippen molar-refractivity contribution in [3.63, 3.8) is 0 Å². The first-order chi connectivity index (χ1) is 12.6. The molecule has 6 heteroatoms. The van der Waals surface area contributed by atoms with Crippen LogP contribution in [0, 0.1) is 12.8 Å². The second-order valence-corrected chi connectivity index (χ2v) is 6.86. The molecule has 2 atom stereocenters. The Kier molecular flexibility index (Phi) is 5.93. The van der Waals surface area contributed by atoms with E-state index in [0.29, 0.717) is 19.8 Å². The monoisotopic (exact) mass is 357 g/mol. The molecule has 1 saturated heterocycles. The van der Waals surface area contributed by atoms with Crippen LogP contribution in [0.5, 0.6) is 5.75 Å². The molecule has 1 amide bonds. The minimum Gasteiger partial charge on any atom is -0.491 e. The summed E-state index contributed by atoms with van der Waals surface area (Å²) in [6.07, 6.45) is 5.24. The highest BCUT2D eigenvalue weighted by molar-refractivity contribution is 5.79. The highest BCUT2D eigenvalue weighted by atomic mass is 16.5. The van der Waals surface area contributed by atoms with E-state index < -0.39 is 0 Å². The number of para-hydroxylation sites is 1. The number of ether oxygens (including phenoxy) is 2. The summed E-state index contributed by atoms with van der Waals surface area (Å²) in [5.74, 6) is 0.797. The number of nitrogens with zero attached hydrogens (tertiary/aromatic N) is 3. The number of amides is 1. The number of carbonyl (C=O) groups is 1. The molecule has 26 heavy (non-hydrogen) atoms. The Morgan fingerprint density at radius 1 is 1.42 bits per heavy atom. The van der Waals surface area contributed by atoms with E-state index >= 15 is 0 Å². The predicted molar refractivity (Wildman–Crippen MR) is 98.9 cm³/mol. The average molecular weight is 357 g/mol. The Labute approximate surface area is 154 Å². The van der Waals surface area contributed by atoms with E-state index in [1.807, 2.05) is 51.5 Å². The standard InChI is InChI=1S/C20H27N3O3/c1-15-7-4-5-9-18(15)25-12-10-22(2)20(24)17-8-6-11-26-19(17)16-13-21-23(3)14-16/h4-5,7,9,13-14,17,19H,6,8,10-12H2,1-3H3/t17-,19+/m1/s1. The molecule has 0 saturated carbocycles. The topological polar surface area (TPSA) is 56.6 Å². The van der Waals surface area contributed by atoms with Crippen molar-refractivity contribution in [3.8, 4) is 5.75 Å². The van der Waals surface area contributed by atoms with E-state index in [2.05, 4.69) is 5.10 Å². The van der Waals surface area contributed by atoms with Gasteiger partial charge in [0.05, 0.1) is 24.8 Å². The van der Waals surface area contributed by atoms with Crippen LogP contribution in [0.15, 0.2) is 36.7 Å². The quantitative estimate of drug-likeness (QED) is 0.798. The molecule has 140 valence electrons. The van der Waals surface area contributed by atoms with Crippen LogP contribution in [0.2, 0.25) is 0 Å². The normalized spacial score (nSPS) is 20.0. The van der Waals surface area contributed by atoms with Crippen LogP contribution in [-0.2, 0) is 16.6 Å². The number of benzene rings is 1. The van der Waals surface area contributed by atoms with Gasteiger partial charge in [0.15, 0.2) is 0 Å². The number of aryl methyl sites for hydroxylation is 2. The first-order valence-electron chi connectivity index (χ1n) is 9.10. The minimum atomic E-state index is -0.218. The Bertz CT molecular complexity index is 743. The Hall–Kier alpha value is -2.34. The van der Waals surface area contributed by atoms with Gasteiger partial charge in [0.25, 0.3) is 0 Å². The van der Waals surface area contributed by atoms with Crippen LogP contribution >= 0.6 is 0 Å². The van der Waals surface area contributed by atoms with Crippen LogP contribution in [0.4, 0.5) is 0 Å². The SMILES string of the molecule is Cc1ccccc1OCCN(C)C(=O)[C@@H]1CCCO[C@H]1c1cnn(C)c1. The van der Waals surface area contributed by atoms with Crippen LogP contribution in [-0.4, -0.2) is 47.4 Å². The molecule has 1 aliphatic heterocycles. The number of rotatable bonds is 6. The summed E-state index contributed by atoms with van der Waals surface area (Å²) < 4.78 is 13.5. The van der Waals surface area contributed by atoms with Crippen molar-refractivity contribution in [2.24, 2.45) is 13.0 Å². The third-order valence-electron chi connectivity index (χ3n) is 4.85. The zero-order chi connectivity index (χ0) is 18.5. The Balaban J connectivity index is 1.58. The number of hydrogen-bond donors (Lipinski definition) is 0. The smallest absolute Gasteiger partial charge is 0.228 e. The molecule has 2 aromatic rings. The molecule has 1 aromatic carbocycles. The van der Waals surface area contributed by atoms with E-state index in [1.54, 1.807) is 15.8 Å². The van der Waals surface area contributed by atoms with E-state index in [-0.39, 0.29) is 17.9 Å². The molecule has 6 nitrogen and oxygen atoms in total. The molecule has 0 N–H and O–H groups in total. The molecule has 2 heterocycles. The molecular formula is C20H27N3O3. The van der Waals surface area contributed by atoms with E-state index in [9.17, 15) is 4.79 Å². The van der Waals surface area contributed by atoms with Crippen molar-refractivity contribution in [1.82, 2.24) is 14.7 Å². The maximum atomic E-state index is 13.0. The second kappa shape index (κ2) is 8.36. The molecule has 0 spiro atoms. The summed E-state index contributed by atoms with van der Waals surface area (Å²) in [5.41, 5.74) is 2.06. The van der Waals surface area contributed by atoms with Gasteiger partial charge in [-0.05, 0) is 31.4 Å². The summed E-state index contributed by atoms with van der Waals surface area (Å²) in [4.78, 5) is 14.7. The summed E-state index contributed by atoms with van der Waals surface area (Å²) >= 11 is 0. The van der Waals surface area contributed by atoms with Crippen LogP contribution in [0.25, 0.3) is 0 Å². The lowest BCUT2D eigenvalue weighted by Gasteiger charge is -2.33. The van der Waals surface area contributed by atoms with Gasteiger partial charge in [-0.25, -0.2) is 0 Å². The van der Waals surface area contributed by atoms with Gasteiger partial charge in [-0.1, -0.05) is 18.2 Å². The highest BCUT2D eigenvalue weighted by Gasteiger charge is 2.35. The third-order valence-corrected chi connectivity index (χ3v) is 4.85. The number of carbonyl (C=O) groups excluding carboxylic acids is 1. The number of hydrogen-bond acceptors (Lipinski definition) is 4. The summed E-state index contributed by atoms with van der Waals surface area (Å²) in [6, 6.07) is 7.90. The number of aromatic nitrogens is 2. The van der Waals surface area contributed by atoms with Gasteiger partial charge in [0, 0.05) is 32.5 Å². The van der Waals surface area contributed by atoms with E-state index in [0.717, 1.165) is 29.7 Å². The Morgan fingerprint density at radius 3 is 2.96 bits per heavy atom. The van der Waals surface area contributed by atoms with Crippen LogP contribution in [0.3, 0.4) is 0 Å². The first-order valence-corrected chi connectivity index (χ1v) is 9.10. The van der Waals surface area contributed by atoms with Gasteiger partial charge in [-0.3, -0.25) is 9.48 Å². The summed E-state index contributed by atoms with van der Waals surface area (Å²) in [7, 11) is 3.71. The largest absolute Gasteiger partial charge is 0.491 e. The van der Waals surface area contributed by atoms with Gasteiger partial charge in [0.1, 0.15) is 12.4 Å². The van der Waals surface area contributed by atoms with Crippen LogP contribution in [0.1, 0.15) is 30.1 Å². The lowest BCUT2D eigenvalue weighted by Crippen LogP contribution is -2.40. The fourth-order valence-electron chi connectivity index (χ4n) is 3.35. The fourth-order valence-corrected chi connectivity index (χ4v) is 3.35. The zero-order valence-corrected chi connectivity index (χ0v) is 15.7. The second-order valence-electron chi connectivity index (χ2n) is 6.86. The molecule has 1 aromatic heterocycles. The minimum absolute atomic E-state index is 0.104. The lowest BCUT2D eigenvalue weighted by atomic mass is 9.89. The first kappa shape index (κ1) is 18.5. The highest BCUT2D eigenvalue weighted by Crippen LogP contribution is 2.34. The fraction of sp³-hybridized carbons (Fsp3) is 0.500. The van der Waals surface area contributed by atoms with Gasteiger partial charge in [-0.2, -0.15) is 5.10 Å². The molecule has 1 aliphatic rings. The van der Waals surface area contributed by atoms with E-state index in [4.69, 9.17) is 9.47 Å². The van der Waals surface area contributed by atoms with E-state index in [1.165, 1.54) is 0 Å². The van der Waals surface area contributed by atoms with Gasteiger partial charge in [0.2, 0.25) is 5.91 Å². The van der Waals surface area contributed by atoms with Gasteiger partial charge < -0.3 is 14.4 Å². The summed E-state index contributed by atoms with van der Waals surface area (Å²) in [5, 5.41) is 4.21. The number of likely N-dealkylation sites (N-methyl/N-ethyl adjacent to an activating group) is 1. The third kappa shape index (κ3) is 4.25. The van der Waals surface area contributed by atoms with Crippen molar-refractivity contribution in [1.29, 1.82) is 0 Å². The maximum absolute atomic E-state index is 13.0. The van der Waals surface area contributed by atoms with Crippen molar-refractivity contribution in [3.05, 3.63) is 47.8 Å².